The van der Waals surface area contributed by atoms with Crippen molar-refractivity contribution < 1.29 is 0 Å². The second kappa shape index (κ2) is 11.0. The first-order valence-electron chi connectivity index (χ1n) is 12.4. The third-order valence-corrected chi connectivity index (χ3v) is 8.29. The van der Waals surface area contributed by atoms with E-state index in [1.54, 1.807) is 70.6 Å². The van der Waals surface area contributed by atoms with Crippen LogP contribution in [0.25, 0.3) is 0 Å². The van der Waals surface area contributed by atoms with Crippen molar-refractivity contribution >= 4 is 0 Å². The first kappa shape index (κ1) is 19.8. The molecule has 3 fully saturated rings. The predicted octanol–water partition coefficient (Wildman–Crippen LogP) is 8.54. The van der Waals surface area contributed by atoms with Crippen LogP contribution in [-0.2, 0) is 0 Å². The Morgan fingerprint density at radius 2 is 1.12 bits per heavy atom. The Morgan fingerprint density at radius 3 is 1.84 bits per heavy atom. The number of unbranched alkanes of at least 4 members (excludes halogenated alkanes) is 6. The summed E-state index contributed by atoms with van der Waals surface area (Å²) in [6, 6.07) is 0. The highest BCUT2D eigenvalue weighted by Crippen LogP contribution is 2.51. The highest BCUT2D eigenvalue weighted by molar-refractivity contribution is 4.91. The van der Waals surface area contributed by atoms with Crippen LogP contribution in [0.4, 0.5) is 0 Å². The lowest BCUT2D eigenvalue weighted by Crippen LogP contribution is -2.38. The van der Waals surface area contributed by atoms with E-state index < -0.39 is 0 Å². The average molecular weight is 347 g/mol. The summed E-state index contributed by atoms with van der Waals surface area (Å²) >= 11 is 0. The van der Waals surface area contributed by atoms with Crippen LogP contribution in [-0.4, -0.2) is 0 Å². The van der Waals surface area contributed by atoms with Gasteiger partial charge in [-0.1, -0.05) is 116 Å². The van der Waals surface area contributed by atoms with E-state index in [0.29, 0.717) is 0 Å². The Morgan fingerprint density at radius 1 is 0.560 bits per heavy atom. The molecule has 3 aliphatic rings. The molecular weight excluding hydrogens is 300 g/mol. The second-order valence-electron chi connectivity index (χ2n) is 10.0. The Balaban J connectivity index is 1.46. The topological polar surface area (TPSA) is 0 Å². The zero-order valence-corrected chi connectivity index (χ0v) is 17.3. The van der Waals surface area contributed by atoms with Crippen LogP contribution >= 0.6 is 0 Å². The average Bonchev–Trinajstić information content (AvgIpc) is 2.67. The van der Waals surface area contributed by atoms with Gasteiger partial charge >= 0.3 is 0 Å². The first-order valence-corrected chi connectivity index (χ1v) is 12.4. The van der Waals surface area contributed by atoms with E-state index in [4.69, 9.17) is 0 Å². The molecule has 0 bridgehead atoms. The molecule has 0 nitrogen and oxygen atoms in total. The number of fused-ring (bicyclic) bond motifs is 1. The molecule has 0 radical (unpaired) electrons. The Hall–Kier alpha value is 0. The lowest BCUT2D eigenvalue weighted by atomic mass is 9.58. The van der Waals surface area contributed by atoms with E-state index in [2.05, 4.69) is 6.92 Å². The van der Waals surface area contributed by atoms with Gasteiger partial charge in [0.05, 0.1) is 0 Å². The van der Waals surface area contributed by atoms with Crippen LogP contribution in [0.5, 0.6) is 0 Å². The van der Waals surface area contributed by atoms with Crippen molar-refractivity contribution in [3.05, 3.63) is 0 Å². The van der Waals surface area contributed by atoms with Gasteiger partial charge in [-0.3, -0.25) is 0 Å². The third-order valence-electron chi connectivity index (χ3n) is 8.29. The summed E-state index contributed by atoms with van der Waals surface area (Å²) in [5, 5.41) is 0. The molecule has 3 rings (SSSR count). The molecule has 0 heteroatoms. The van der Waals surface area contributed by atoms with Gasteiger partial charge in [0, 0.05) is 0 Å². The maximum Gasteiger partial charge on any atom is -0.0355 e. The molecule has 0 aliphatic heterocycles. The molecule has 0 N–H and O–H groups in total. The zero-order chi connectivity index (χ0) is 17.3. The lowest BCUT2D eigenvalue weighted by Gasteiger charge is -2.47. The van der Waals surface area contributed by atoms with Gasteiger partial charge in [0.2, 0.25) is 0 Å². The molecule has 146 valence electrons. The van der Waals surface area contributed by atoms with Crippen molar-refractivity contribution in [1.29, 1.82) is 0 Å². The van der Waals surface area contributed by atoms with E-state index in [0.717, 1.165) is 29.6 Å². The number of rotatable bonds is 9. The summed E-state index contributed by atoms with van der Waals surface area (Å²) in [5.41, 5.74) is 0. The molecule has 0 aromatic carbocycles. The Labute approximate surface area is 158 Å². The molecule has 0 aromatic rings. The minimum absolute atomic E-state index is 1.11. The summed E-state index contributed by atoms with van der Waals surface area (Å²) in [6.45, 7) is 2.33. The van der Waals surface area contributed by atoms with Crippen LogP contribution in [0.3, 0.4) is 0 Å². The highest BCUT2D eigenvalue weighted by Gasteiger charge is 2.40. The normalized spacial score (nSPS) is 34.0. The second-order valence-corrected chi connectivity index (χ2v) is 10.0. The lowest BCUT2D eigenvalue weighted by molar-refractivity contribution is 0.0293. The van der Waals surface area contributed by atoms with Crippen LogP contribution < -0.4 is 0 Å². The standard InChI is InChI=1S/C25H46/c1-2-3-4-5-6-7-9-18-24-19-22-16-12-13-17-23(22)20-25(24)21-14-10-8-11-15-21/h21-25H,2-20H2,1H3. The number of hydrogen-bond acceptors (Lipinski definition) is 0. The van der Waals surface area contributed by atoms with Crippen molar-refractivity contribution in [2.24, 2.45) is 29.6 Å². The molecule has 0 amide bonds. The fourth-order valence-corrected chi connectivity index (χ4v) is 6.85. The van der Waals surface area contributed by atoms with Crippen LogP contribution in [0, 0.1) is 29.6 Å². The summed E-state index contributed by atoms with van der Waals surface area (Å²) in [4.78, 5) is 0. The molecule has 0 spiro atoms. The van der Waals surface area contributed by atoms with Crippen molar-refractivity contribution in [3.8, 4) is 0 Å². The summed E-state index contributed by atoms with van der Waals surface area (Å²) < 4.78 is 0. The summed E-state index contributed by atoms with van der Waals surface area (Å²) in [6.07, 6.45) is 29.2. The SMILES string of the molecule is CCCCCCCCCC1CC2CCCCC2CC1C1CCCCC1. The molecule has 25 heavy (non-hydrogen) atoms. The smallest absolute Gasteiger partial charge is 0.0355 e. The maximum atomic E-state index is 2.33. The van der Waals surface area contributed by atoms with Crippen molar-refractivity contribution in [1.82, 2.24) is 0 Å². The van der Waals surface area contributed by atoms with Crippen LogP contribution in [0.1, 0.15) is 129 Å². The maximum absolute atomic E-state index is 2.33. The van der Waals surface area contributed by atoms with Crippen molar-refractivity contribution in [2.75, 3.05) is 0 Å². The largest absolute Gasteiger partial charge is 0.0654 e. The van der Waals surface area contributed by atoms with Gasteiger partial charge in [-0.15, -0.1) is 0 Å². The van der Waals surface area contributed by atoms with Gasteiger partial charge < -0.3 is 0 Å². The minimum atomic E-state index is 1.11. The molecule has 4 atom stereocenters. The number of hydrogen-bond donors (Lipinski definition) is 0. The van der Waals surface area contributed by atoms with Crippen LogP contribution in [0.2, 0.25) is 0 Å². The fourth-order valence-electron chi connectivity index (χ4n) is 6.85. The van der Waals surface area contributed by atoms with E-state index in [1.165, 1.54) is 51.4 Å². The molecule has 0 heterocycles. The van der Waals surface area contributed by atoms with Gasteiger partial charge in [-0.2, -0.15) is 0 Å². The summed E-state index contributed by atoms with van der Waals surface area (Å²) in [7, 11) is 0. The molecular formula is C25H46. The van der Waals surface area contributed by atoms with Gasteiger partial charge in [0.15, 0.2) is 0 Å². The van der Waals surface area contributed by atoms with Crippen LogP contribution in [0.15, 0.2) is 0 Å². The Kier molecular flexibility index (Phi) is 8.68. The van der Waals surface area contributed by atoms with Gasteiger partial charge in [-0.05, 0) is 42.4 Å². The summed E-state index contributed by atoms with van der Waals surface area (Å²) in [5.74, 6) is 5.61. The van der Waals surface area contributed by atoms with E-state index in [-0.39, 0.29) is 0 Å². The molecule has 0 saturated heterocycles. The quantitative estimate of drug-likeness (QED) is 0.367. The van der Waals surface area contributed by atoms with Gasteiger partial charge in [0.1, 0.15) is 0 Å². The zero-order valence-electron chi connectivity index (χ0n) is 17.3. The third kappa shape index (κ3) is 6.00. The van der Waals surface area contributed by atoms with Crippen molar-refractivity contribution in [3.63, 3.8) is 0 Å². The Bertz CT molecular complexity index is 340. The fraction of sp³-hybridized carbons (Fsp3) is 1.00. The van der Waals surface area contributed by atoms with Crippen molar-refractivity contribution in [2.45, 2.75) is 129 Å². The first-order chi connectivity index (χ1) is 12.4. The minimum Gasteiger partial charge on any atom is -0.0654 e. The molecule has 3 saturated carbocycles. The monoisotopic (exact) mass is 346 g/mol. The van der Waals surface area contributed by atoms with E-state index >= 15 is 0 Å². The van der Waals surface area contributed by atoms with Gasteiger partial charge in [-0.25, -0.2) is 0 Å². The highest BCUT2D eigenvalue weighted by atomic mass is 14.5. The van der Waals surface area contributed by atoms with E-state index in [9.17, 15) is 0 Å². The van der Waals surface area contributed by atoms with E-state index in [1.807, 2.05) is 0 Å². The van der Waals surface area contributed by atoms with Gasteiger partial charge in [0.25, 0.3) is 0 Å². The molecule has 0 aromatic heterocycles. The molecule has 4 unspecified atom stereocenters. The molecule has 3 aliphatic carbocycles. The predicted molar refractivity (Wildman–Crippen MR) is 111 cm³/mol.